The lowest BCUT2D eigenvalue weighted by molar-refractivity contribution is -0.128. The summed E-state index contributed by atoms with van der Waals surface area (Å²) in [5, 5.41) is 6.72. The molecule has 0 radical (unpaired) electrons. The van der Waals surface area contributed by atoms with E-state index in [2.05, 4.69) is 48.5 Å². The smallest absolute Gasteiger partial charge is 0.222 e. The third kappa shape index (κ3) is 7.24. The Balaban J connectivity index is 0.00000392. The van der Waals surface area contributed by atoms with E-state index in [1.165, 1.54) is 11.1 Å². The molecule has 0 aromatic heterocycles. The zero-order chi connectivity index (χ0) is 19.9. The van der Waals surface area contributed by atoms with Crippen molar-refractivity contribution in [2.75, 3.05) is 27.2 Å². The fourth-order valence-electron chi connectivity index (χ4n) is 3.29. The van der Waals surface area contributed by atoms with Crippen molar-refractivity contribution in [1.29, 1.82) is 0 Å². The van der Waals surface area contributed by atoms with Crippen LogP contribution in [0.5, 0.6) is 0 Å². The summed E-state index contributed by atoms with van der Waals surface area (Å²) < 4.78 is 5.59. The quantitative estimate of drug-likeness (QED) is 0.342. The number of guanidine groups is 1. The Morgan fingerprint density at radius 3 is 2.46 bits per heavy atom. The van der Waals surface area contributed by atoms with E-state index in [9.17, 15) is 4.79 Å². The second kappa shape index (κ2) is 11.6. The summed E-state index contributed by atoms with van der Waals surface area (Å²) in [5.74, 6) is 0.997. The summed E-state index contributed by atoms with van der Waals surface area (Å²) in [5.41, 5.74) is 2.41. The highest BCUT2D eigenvalue weighted by Crippen LogP contribution is 2.21. The van der Waals surface area contributed by atoms with E-state index in [4.69, 9.17) is 4.74 Å². The number of hydrogen-bond acceptors (Lipinski definition) is 3. The molecule has 2 rings (SSSR count). The van der Waals surface area contributed by atoms with Crippen molar-refractivity contribution in [3.63, 3.8) is 0 Å². The highest BCUT2D eigenvalue weighted by molar-refractivity contribution is 14.0. The number of aliphatic imine (C=N–C) groups is 1. The molecule has 0 saturated carbocycles. The molecular formula is C21H35IN4O2. The van der Waals surface area contributed by atoms with Crippen LogP contribution in [-0.4, -0.2) is 50.1 Å². The van der Waals surface area contributed by atoms with Crippen molar-refractivity contribution in [3.8, 4) is 0 Å². The molecule has 1 aromatic rings. The normalized spacial score (nSPS) is 16.0. The summed E-state index contributed by atoms with van der Waals surface area (Å²) >= 11 is 0. The van der Waals surface area contributed by atoms with Crippen LogP contribution in [0.2, 0.25) is 0 Å². The van der Waals surface area contributed by atoms with Gasteiger partial charge >= 0.3 is 0 Å². The Bertz CT molecular complexity index is 658. The van der Waals surface area contributed by atoms with Crippen molar-refractivity contribution in [2.45, 2.75) is 52.8 Å². The Morgan fingerprint density at radius 2 is 1.93 bits per heavy atom. The topological polar surface area (TPSA) is 66.0 Å². The van der Waals surface area contributed by atoms with E-state index < -0.39 is 0 Å². The summed E-state index contributed by atoms with van der Waals surface area (Å²) in [6, 6.07) is 8.25. The van der Waals surface area contributed by atoms with E-state index in [0.29, 0.717) is 26.1 Å². The van der Waals surface area contributed by atoms with Gasteiger partial charge in [0.05, 0.1) is 6.10 Å². The van der Waals surface area contributed by atoms with Crippen LogP contribution in [0.25, 0.3) is 0 Å². The maximum absolute atomic E-state index is 11.9. The second-order valence-electron chi connectivity index (χ2n) is 8.08. The number of carbonyl (C=O) groups excluding carboxylic acids is 1. The first-order valence-corrected chi connectivity index (χ1v) is 9.67. The molecule has 1 heterocycles. The molecule has 1 unspecified atom stereocenters. The highest BCUT2D eigenvalue weighted by atomic mass is 127. The standard InChI is InChI=1S/C21H34N4O2.HI/c1-21(2,3)18(27-5)14-24-20(22-4)23-13-16-9-6-7-10-17(16)15-25-12-8-11-19(25)26;/h6-7,9-10,18H,8,11-15H2,1-5H3,(H2,22,23,24);1H. The van der Waals surface area contributed by atoms with Crippen molar-refractivity contribution in [3.05, 3.63) is 35.4 Å². The zero-order valence-corrected chi connectivity index (χ0v) is 20.1. The van der Waals surface area contributed by atoms with Crippen LogP contribution in [0, 0.1) is 5.41 Å². The van der Waals surface area contributed by atoms with E-state index >= 15 is 0 Å². The third-order valence-corrected chi connectivity index (χ3v) is 5.03. The van der Waals surface area contributed by atoms with Crippen LogP contribution < -0.4 is 10.6 Å². The number of ether oxygens (including phenoxy) is 1. The molecule has 7 heteroatoms. The molecule has 28 heavy (non-hydrogen) atoms. The van der Waals surface area contributed by atoms with Gasteiger partial charge < -0.3 is 20.3 Å². The lowest BCUT2D eigenvalue weighted by Gasteiger charge is -2.30. The molecule has 0 aliphatic carbocycles. The minimum absolute atomic E-state index is 0. The molecule has 6 nitrogen and oxygen atoms in total. The molecule has 1 saturated heterocycles. The monoisotopic (exact) mass is 502 g/mol. The lowest BCUT2D eigenvalue weighted by Crippen LogP contribution is -2.45. The van der Waals surface area contributed by atoms with Gasteiger partial charge in [-0.15, -0.1) is 24.0 Å². The van der Waals surface area contributed by atoms with Gasteiger partial charge in [0.1, 0.15) is 0 Å². The summed E-state index contributed by atoms with van der Waals surface area (Å²) in [7, 11) is 3.51. The van der Waals surface area contributed by atoms with Gasteiger partial charge in [-0.3, -0.25) is 9.79 Å². The molecule has 1 amide bonds. The number of nitrogens with one attached hydrogen (secondary N) is 2. The molecule has 2 N–H and O–H groups in total. The minimum Gasteiger partial charge on any atom is -0.379 e. The Kier molecular flexibility index (Phi) is 10.2. The molecule has 1 aliphatic heterocycles. The average Bonchev–Trinajstić information content (AvgIpc) is 3.03. The van der Waals surface area contributed by atoms with Gasteiger partial charge in [0, 0.05) is 46.8 Å². The van der Waals surface area contributed by atoms with Crippen molar-refractivity contribution >= 4 is 35.8 Å². The van der Waals surface area contributed by atoms with Crippen molar-refractivity contribution < 1.29 is 9.53 Å². The number of nitrogens with zero attached hydrogens (tertiary/aromatic N) is 2. The molecule has 1 atom stereocenters. The van der Waals surface area contributed by atoms with E-state index in [-0.39, 0.29) is 41.4 Å². The molecule has 158 valence electrons. The van der Waals surface area contributed by atoms with Gasteiger partial charge in [-0.2, -0.15) is 0 Å². The SMILES string of the molecule is CN=C(NCc1ccccc1CN1CCCC1=O)NCC(OC)C(C)(C)C.I. The van der Waals surface area contributed by atoms with E-state index in [0.717, 1.165) is 18.9 Å². The van der Waals surface area contributed by atoms with Crippen LogP contribution in [-0.2, 0) is 22.6 Å². The Morgan fingerprint density at radius 1 is 1.25 bits per heavy atom. The molecule has 1 fully saturated rings. The third-order valence-electron chi connectivity index (χ3n) is 5.03. The summed E-state index contributed by atoms with van der Waals surface area (Å²) in [4.78, 5) is 18.2. The first kappa shape index (κ1) is 24.7. The van der Waals surface area contributed by atoms with Gasteiger partial charge in [-0.1, -0.05) is 45.0 Å². The number of hydrogen-bond donors (Lipinski definition) is 2. The molecule has 0 bridgehead atoms. The predicted molar refractivity (Wildman–Crippen MR) is 125 cm³/mol. The lowest BCUT2D eigenvalue weighted by atomic mass is 9.89. The highest BCUT2D eigenvalue weighted by Gasteiger charge is 2.24. The van der Waals surface area contributed by atoms with E-state index in [1.54, 1.807) is 14.2 Å². The predicted octanol–water partition coefficient (Wildman–Crippen LogP) is 3.15. The van der Waals surface area contributed by atoms with Crippen LogP contribution in [0.4, 0.5) is 0 Å². The average molecular weight is 502 g/mol. The van der Waals surface area contributed by atoms with Crippen molar-refractivity contribution in [2.24, 2.45) is 10.4 Å². The number of amides is 1. The first-order valence-electron chi connectivity index (χ1n) is 9.67. The number of rotatable bonds is 7. The molecule has 0 spiro atoms. The number of likely N-dealkylation sites (tertiary alicyclic amines) is 1. The fraction of sp³-hybridized carbons (Fsp3) is 0.619. The van der Waals surface area contributed by atoms with Crippen molar-refractivity contribution in [1.82, 2.24) is 15.5 Å². The molecule has 1 aliphatic rings. The number of halogens is 1. The maximum Gasteiger partial charge on any atom is 0.222 e. The van der Waals surface area contributed by atoms with Gasteiger partial charge in [0.15, 0.2) is 5.96 Å². The zero-order valence-electron chi connectivity index (χ0n) is 17.7. The number of carbonyl (C=O) groups is 1. The first-order chi connectivity index (χ1) is 12.8. The largest absolute Gasteiger partial charge is 0.379 e. The Labute approximate surface area is 186 Å². The van der Waals surface area contributed by atoms with Crippen LogP contribution in [0.1, 0.15) is 44.7 Å². The minimum atomic E-state index is 0. The van der Waals surface area contributed by atoms with Gasteiger partial charge in [-0.25, -0.2) is 0 Å². The Hall–Kier alpha value is -1.35. The number of methoxy groups -OCH3 is 1. The van der Waals surface area contributed by atoms with Crippen LogP contribution >= 0.6 is 24.0 Å². The summed E-state index contributed by atoms with van der Waals surface area (Å²) in [6.45, 7) is 9.36. The summed E-state index contributed by atoms with van der Waals surface area (Å²) in [6.07, 6.45) is 1.72. The van der Waals surface area contributed by atoms with Gasteiger partial charge in [0.2, 0.25) is 5.91 Å². The molecular weight excluding hydrogens is 467 g/mol. The second-order valence-corrected chi connectivity index (χ2v) is 8.08. The maximum atomic E-state index is 11.9. The van der Waals surface area contributed by atoms with Crippen LogP contribution in [0.3, 0.4) is 0 Å². The van der Waals surface area contributed by atoms with Gasteiger partial charge in [-0.05, 0) is 23.0 Å². The van der Waals surface area contributed by atoms with Crippen LogP contribution in [0.15, 0.2) is 29.3 Å². The fourth-order valence-corrected chi connectivity index (χ4v) is 3.29. The van der Waals surface area contributed by atoms with E-state index in [1.807, 2.05) is 17.0 Å². The number of benzene rings is 1. The van der Waals surface area contributed by atoms with Gasteiger partial charge in [0.25, 0.3) is 0 Å². The molecule has 1 aromatic carbocycles.